The fourth-order valence-corrected chi connectivity index (χ4v) is 5.83. The molecule has 4 rings (SSSR count). The molecule has 1 aliphatic heterocycles. The van der Waals surface area contributed by atoms with Gasteiger partial charge in [-0.25, -0.2) is 0 Å². The topological polar surface area (TPSA) is 59.4 Å². The van der Waals surface area contributed by atoms with E-state index in [0.717, 1.165) is 51.0 Å². The van der Waals surface area contributed by atoms with Crippen molar-refractivity contribution in [3.63, 3.8) is 0 Å². The average molecular weight is 375 g/mol. The average Bonchev–Trinajstić information content (AvgIpc) is 3.26. The van der Waals surface area contributed by atoms with Gasteiger partial charge in [-0.05, 0) is 49.0 Å². The molecule has 1 N–H and O–H groups in total. The summed E-state index contributed by atoms with van der Waals surface area (Å²) in [5.74, 6) is 0.755. The summed E-state index contributed by atoms with van der Waals surface area (Å²) in [5, 5.41) is 8.01. The number of fused-ring (bicyclic) bond motifs is 2. The molecule has 2 heterocycles. The molecule has 0 spiro atoms. The number of ether oxygens (including phenoxy) is 1. The van der Waals surface area contributed by atoms with E-state index in [1.54, 1.807) is 0 Å². The zero-order valence-electron chi connectivity index (χ0n) is 17.3. The molecule has 3 unspecified atom stereocenters. The third kappa shape index (κ3) is 3.42. The van der Waals surface area contributed by atoms with Gasteiger partial charge >= 0.3 is 0 Å². The van der Waals surface area contributed by atoms with Crippen molar-refractivity contribution in [1.29, 1.82) is 0 Å². The first kappa shape index (κ1) is 18.9. The van der Waals surface area contributed by atoms with Gasteiger partial charge in [0.25, 0.3) is 5.91 Å². The Morgan fingerprint density at radius 2 is 2.04 bits per heavy atom. The Labute approximate surface area is 162 Å². The van der Waals surface area contributed by atoms with E-state index in [1.165, 1.54) is 19.3 Å². The molecule has 2 saturated carbocycles. The summed E-state index contributed by atoms with van der Waals surface area (Å²) in [6, 6.07) is 2.16. The van der Waals surface area contributed by atoms with E-state index < -0.39 is 0 Å². The molecular weight excluding hydrogens is 340 g/mol. The summed E-state index contributed by atoms with van der Waals surface area (Å²) in [5.41, 5.74) is 2.00. The molecule has 1 aromatic heterocycles. The zero-order valence-corrected chi connectivity index (χ0v) is 17.3. The van der Waals surface area contributed by atoms with Crippen LogP contribution < -0.4 is 5.32 Å². The van der Waals surface area contributed by atoms with Gasteiger partial charge in [-0.1, -0.05) is 20.8 Å². The minimum Gasteiger partial charge on any atom is -0.379 e. The van der Waals surface area contributed by atoms with Gasteiger partial charge in [0, 0.05) is 25.7 Å². The fourth-order valence-electron chi connectivity index (χ4n) is 5.83. The van der Waals surface area contributed by atoms with Crippen LogP contribution in [0.4, 0.5) is 0 Å². The monoisotopic (exact) mass is 374 g/mol. The quantitative estimate of drug-likeness (QED) is 0.860. The van der Waals surface area contributed by atoms with Gasteiger partial charge in [-0.2, -0.15) is 5.10 Å². The van der Waals surface area contributed by atoms with Gasteiger partial charge in [0.15, 0.2) is 0 Å². The predicted octanol–water partition coefficient (Wildman–Crippen LogP) is 2.47. The molecule has 0 radical (unpaired) electrons. The second-order valence-corrected chi connectivity index (χ2v) is 9.67. The van der Waals surface area contributed by atoms with Crippen LogP contribution in [0.5, 0.6) is 0 Å². The van der Waals surface area contributed by atoms with Crippen LogP contribution in [-0.2, 0) is 11.3 Å². The second kappa shape index (κ2) is 6.89. The van der Waals surface area contributed by atoms with Crippen LogP contribution in [0.15, 0.2) is 6.07 Å². The number of rotatable bonds is 5. The molecule has 2 aliphatic carbocycles. The lowest BCUT2D eigenvalue weighted by Gasteiger charge is -2.43. The molecule has 1 saturated heterocycles. The largest absolute Gasteiger partial charge is 0.379 e. The lowest BCUT2D eigenvalue weighted by Crippen LogP contribution is -2.52. The number of hydrogen-bond acceptors (Lipinski definition) is 4. The standard InChI is InChI=1S/C21H34N4O2/c1-15-13-17(25(23-15)8-7-24-9-11-27-12-10-24)18(26)22-19-20(2,3)16-5-6-21(19,4)14-16/h13,16,19H,5-12,14H2,1-4H3,(H,22,26). The van der Waals surface area contributed by atoms with Crippen LogP contribution in [0.3, 0.4) is 0 Å². The van der Waals surface area contributed by atoms with E-state index in [0.29, 0.717) is 5.69 Å². The summed E-state index contributed by atoms with van der Waals surface area (Å²) < 4.78 is 7.31. The van der Waals surface area contributed by atoms with Gasteiger partial charge in [0.05, 0.1) is 25.5 Å². The summed E-state index contributed by atoms with van der Waals surface area (Å²) in [4.78, 5) is 15.6. The number of carbonyl (C=O) groups is 1. The lowest BCUT2D eigenvalue weighted by atomic mass is 9.68. The molecule has 6 nitrogen and oxygen atoms in total. The number of aryl methyl sites for hydroxylation is 1. The zero-order chi connectivity index (χ0) is 19.2. The van der Waals surface area contributed by atoms with Crippen molar-refractivity contribution in [1.82, 2.24) is 20.0 Å². The van der Waals surface area contributed by atoms with Crippen LogP contribution in [0.25, 0.3) is 0 Å². The summed E-state index contributed by atoms with van der Waals surface area (Å²) in [6.07, 6.45) is 3.76. The smallest absolute Gasteiger partial charge is 0.269 e. The Hall–Kier alpha value is -1.40. The highest BCUT2D eigenvalue weighted by Gasteiger charge is 2.59. The summed E-state index contributed by atoms with van der Waals surface area (Å²) in [7, 11) is 0. The predicted molar refractivity (Wildman–Crippen MR) is 105 cm³/mol. The maximum Gasteiger partial charge on any atom is 0.269 e. The van der Waals surface area contributed by atoms with Crippen molar-refractivity contribution in [3.05, 3.63) is 17.5 Å². The molecular formula is C21H34N4O2. The van der Waals surface area contributed by atoms with E-state index in [-0.39, 0.29) is 22.8 Å². The molecule has 1 aromatic rings. The minimum atomic E-state index is 0.0319. The van der Waals surface area contributed by atoms with Crippen LogP contribution in [-0.4, -0.2) is 59.5 Å². The number of aromatic nitrogens is 2. The maximum absolute atomic E-state index is 13.2. The maximum atomic E-state index is 13.2. The Morgan fingerprint density at radius 1 is 1.30 bits per heavy atom. The normalized spacial score (nSPS) is 32.7. The molecule has 150 valence electrons. The molecule has 1 amide bonds. The van der Waals surface area contributed by atoms with Gasteiger partial charge < -0.3 is 10.1 Å². The number of amides is 1. The Kier molecular flexibility index (Phi) is 4.83. The van der Waals surface area contributed by atoms with Gasteiger partial charge in [0.1, 0.15) is 5.69 Å². The van der Waals surface area contributed by atoms with E-state index in [9.17, 15) is 4.79 Å². The van der Waals surface area contributed by atoms with Crippen LogP contribution in [0.2, 0.25) is 0 Å². The highest BCUT2D eigenvalue weighted by atomic mass is 16.5. The Bertz CT molecular complexity index is 702. The van der Waals surface area contributed by atoms with Crippen molar-refractivity contribution in [2.24, 2.45) is 16.7 Å². The minimum absolute atomic E-state index is 0.0319. The van der Waals surface area contributed by atoms with Crippen molar-refractivity contribution in [3.8, 4) is 0 Å². The van der Waals surface area contributed by atoms with E-state index in [1.807, 2.05) is 17.7 Å². The second-order valence-electron chi connectivity index (χ2n) is 9.67. The summed E-state index contributed by atoms with van der Waals surface area (Å²) >= 11 is 0. The summed E-state index contributed by atoms with van der Waals surface area (Å²) in [6.45, 7) is 14.1. The number of morpholine rings is 1. The Morgan fingerprint density at radius 3 is 2.70 bits per heavy atom. The molecule has 3 aliphatic rings. The molecule has 6 heteroatoms. The molecule has 27 heavy (non-hydrogen) atoms. The first-order valence-corrected chi connectivity index (χ1v) is 10.4. The number of nitrogens with one attached hydrogen (secondary N) is 1. The van der Waals surface area contributed by atoms with Crippen LogP contribution in [0.1, 0.15) is 56.2 Å². The van der Waals surface area contributed by atoms with Crippen molar-refractivity contribution in [2.45, 2.75) is 59.5 Å². The number of nitrogens with zero attached hydrogens (tertiary/aromatic N) is 3. The molecule has 0 aromatic carbocycles. The first-order chi connectivity index (χ1) is 12.8. The Balaban J connectivity index is 1.46. The van der Waals surface area contributed by atoms with Crippen LogP contribution in [0, 0.1) is 23.7 Å². The van der Waals surface area contributed by atoms with E-state index >= 15 is 0 Å². The molecule has 3 atom stereocenters. The molecule has 3 fully saturated rings. The van der Waals surface area contributed by atoms with Gasteiger partial charge in [0.2, 0.25) is 0 Å². The highest BCUT2D eigenvalue weighted by Crippen LogP contribution is 2.62. The van der Waals surface area contributed by atoms with Gasteiger partial charge in [-0.15, -0.1) is 0 Å². The van der Waals surface area contributed by atoms with E-state index in [4.69, 9.17) is 4.74 Å². The van der Waals surface area contributed by atoms with Gasteiger partial charge in [-0.3, -0.25) is 14.4 Å². The van der Waals surface area contributed by atoms with Crippen molar-refractivity contribution >= 4 is 5.91 Å². The SMILES string of the molecule is Cc1cc(C(=O)NC2C3(C)CCC(C3)C2(C)C)n(CCN2CCOCC2)n1. The fraction of sp³-hybridized carbons (Fsp3) is 0.810. The lowest BCUT2D eigenvalue weighted by molar-refractivity contribution is 0.0357. The van der Waals surface area contributed by atoms with Crippen molar-refractivity contribution in [2.75, 3.05) is 32.8 Å². The number of hydrogen-bond donors (Lipinski definition) is 1. The highest BCUT2D eigenvalue weighted by molar-refractivity contribution is 5.93. The third-order valence-electron chi connectivity index (χ3n) is 7.41. The van der Waals surface area contributed by atoms with Crippen molar-refractivity contribution < 1.29 is 9.53 Å². The third-order valence-corrected chi connectivity index (χ3v) is 7.41. The van der Waals surface area contributed by atoms with Crippen LogP contribution >= 0.6 is 0 Å². The molecule has 2 bridgehead atoms. The number of carbonyl (C=O) groups excluding carboxylic acids is 1. The first-order valence-electron chi connectivity index (χ1n) is 10.4. The van der Waals surface area contributed by atoms with E-state index in [2.05, 4.69) is 36.1 Å².